The second-order valence-corrected chi connectivity index (χ2v) is 19.7. The highest BCUT2D eigenvalue weighted by molar-refractivity contribution is 5.88. The summed E-state index contributed by atoms with van der Waals surface area (Å²) in [6.45, 7) is 18.8. The Bertz CT molecular complexity index is 2670. The zero-order valence-corrected chi connectivity index (χ0v) is 36.2. The van der Waals surface area contributed by atoms with Crippen LogP contribution in [0.25, 0.3) is 66.8 Å². The van der Waals surface area contributed by atoms with E-state index in [4.69, 9.17) is 0 Å². The van der Waals surface area contributed by atoms with E-state index in [1.165, 1.54) is 111 Å². The zero-order chi connectivity index (χ0) is 41.3. The molecule has 0 bridgehead atoms. The van der Waals surface area contributed by atoms with Crippen molar-refractivity contribution in [3.05, 3.63) is 214 Å². The molecule has 0 atom stereocenters. The summed E-state index contributed by atoms with van der Waals surface area (Å²) in [6, 6.07) is 63.6. The molecule has 4 aliphatic rings. The first-order valence-corrected chi connectivity index (χ1v) is 21.8. The molecule has 0 amide bonds. The third-order valence-corrected chi connectivity index (χ3v) is 15.0. The molecule has 0 saturated heterocycles. The van der Waals surface area contributed by atoms with Crippen LogP contribution in [-0.2, 0) is 21.7 Å². The van der Waals surface area contributed by atoms with Crippen LogP contribution in [0, 0.1) is 0 Å². The van der Waals surface area contributed by atoms with E-state index in [2.05, 4.69) is 225 Å². The Kier molecular flexibility index (Phi) is 7.75. The molecule has 0 heterocycles. The fraction of sp³-hybridized carbons (Fsp3) is 0.200. The van der Waals surface area contributed by atoms with Gasteiger partial charge >= 0.3 is 0 Å². The Morgan fingerprint density at radius 2 is 0.383 bits per heavy atom. The van der Waals surface area contributed by atoms with E-state index in [9.17, 15) is 0 Å². The molecule has 60 heavy (non-hydrogen) atoms. The van der Waals surface area contributed by atoms with E-state index in [-0.39, 0.29) is 21.7 Å². The first-order valence-electron chi connectivity index (χ1n) is 21.8. The van der Waals surface area contributed by atoms with Gasteiger partial charge in [0.2, 0.25) is 0 Å². The fourth-order valence-electron chi connectivity index (χ4n) is 11.5. The minimum absolute atomic E-state index is 0.0359. The summed E-state index contributed by atoms with van der Waals surface area (Å²) in [7, 11) is 0. The Labute approximate surface area is 356 Å². The van der Waals surface area contributed by atoms with Gasteiger partial charge in [0.1, 0.15) is 0 Å². The van der Waals surface area contributed by atoms with Crippen molar-refractivity contribution in [1.82, 2.24) is 0 Å². The van der Waals surface area contributed by atoms with Gasteiger partial charge in [0, 0.05) is 21.7 Å². The van der Waals surface area contributed by atoms with Gasteiger partial charge < -0.3 is 0 Å². The number of benzene rings is 8. The second kappa shape index (κ2) is 12.6. The molecule has 12 rings (SSSR count). The maximum absolute atomic E-state index is 2.42. The molecule has 4 aliphatic carbocycles. The Hall–Kier alpha value is -6.24. The average Bonchev–Trinajstić information content (AvgIpc) is 3.84. The molecule has 0 fully saturated rings. The van der Waals surface area contributed by atoms with Crippen LogP contribution in [0.1, 0.15) is 99.9 Å². The largest absolute Gasteiger partial charge is 0.0619 e. The summed E-state index contributed by atoms with van der Waals surface area (Å²) in [5, 5.41) is 0. The van der Waals surface area contributed by atoms with Gasteiger partial charge in [-0.25, -0.2) is 0 Å². The van der Waals surface area contributed by atoms with Crippen LogP contribution in [0.2, 0.25) is 0 Å². The Morgan fingerprint density at radius 3 is 0.600 bits per heavy atom. The summed E-state index contributed by atoms with van der Waals surface area (Å²) in [5.74, 6) is 0. The van der Waals surface area contributed by atoms with Gasteiger partial charge in [0.05, 0.1) is 0 Å². The van der Waals surface area contributed by atoms with Crippen molar-refractivity contribution in [3.63, 3.8) is 0 Å². The van der Waals surface area contributed by atoms with E-state index < -0.39 is 0 Å². The highest BCUT2D eigenvalue weighted by Gasteiger charge is 2.39. The lowest BCUT2D eigenvalue weighted by atomic mass is 9.80. The fourth-order valence-corrected chi connectivity index (χ4v) is 11.5. The SMILES string of the molecule is CC1(C)c2ccccc2-c2ccc(-c3ccc4c(c3)C(C)(C)c3ccccc3-4)cc21.CC1(C)c2ccccc2-c2ccc(-c3ccc4c(c3)C(C)(C)c3ccccc3-4)cc21. The van der Waals surface area contributed by atoms with Crippen LogP contribution in [0.3, 0.4) is 0 Å². The maximum Gasteiger partial charge on any atom is 0.0159 e. The third-order valence-electron chi connectivity index (χ3n) is 15.0. The molecule has 8 aromatic rings. The smallest absolute Gasteiger partial charge is 0.0159 e. The van der Waals surface area contributed by atoms with Crippen molar-refractivity contribution in [1.29, 1.82) is 0 Å². The van der Waals surface area contributed by atoms with Gasteiger partial charge in [-0.15, -0.1) is 0 Å². The molecule has 0 nitrogen and oxygen atoms in total. The van der Waals surface area contributed by atoms with Crippen molar-refractivity contribution in [2.24, 2.45) is 0 Å². The molecule has 0 heteroatoms. The number of rotatable bonds is 2. The van der Waals surface area contributed by atoms with E-state index >= 15 is 0 Å². The maximum atomic E-state index is 2.42. The highest BCUT2D eigenvalue weighted by atomic mass is 14.4. The minimum atomic E-state index is 0.0359. The van der Waals surface area contributed by atoms with Gasteiger partial charge in [0.25, 0.3) is 0 Å². The van der Waals surface area contributed by atoms with Gasteiger partial charge in [-0.2, -0.15) is 0 Å². The lowest BCUT2D eigenvalue weighted by Crippen LogP contribution is -2.15. The predicted molar refractivity (Wildman–Crippen MR) is 254 cm³/mol. The van der Waals surface area contributed by atoms with Crippen molar-refractivity contribution in [2.75, 3.05) is 0 Å². The Balaban J connectivity index is 0.000000136. The normalized spacial score (nSPS) is 16.5. The summed E-state index contributed by atoms with van der Waals surface area (Å²) in [4.78, 5) is 0. The van der Waals surface area contributed by atoms with E-state index in [0.717, 1.165) is 0 Å². The number of hydrogen-bond donors (Lipinski definition) is 0. The average molecular weight is 773 g/mol. The van der Waals surface area contributed by atoms with Crippen molar-refractivity contribution >= 4 is 0 Å². The summed E-state index contributed by atoms with van der Waals surface area (Å²) in [6.07, 6.45) is 0. The molecule has 0 aromatic heterocycles. The zero-order valence-electron chi connectivity index (χ0n) is 36.2. The Morgan fingerprint density at radius 1 is 0.200 bits per heavy atom. The van der Waals surface area contributed by atoms with Crippen LogP contribution in [0.15, 0.2) is 170 Å². The summed E-state index contributed by atoms with van der Waals surface area (Å²) in [5.41, 5.74) is 27.9. The monoisotopic (exact) mass is 772 g/mol. The number of hydrogen-bond acceptors (Lipinski definition) is 0. The number of fused-ring (bicyclic) bond motifs is 12. The van der Waals surface area contributed by atoms with Crippen molar-refractivity contribution in [3.8, 4) is 66.8 Å². The van der Waals surface area contributed by atoms with Crippen LogP contribution >= 0.6 is 0 Å². The van der Waals surface area contributed by atoms with E-state index in [1.807, 2.05) is 0 Å². The molecule has 0 N–H and O–H groups in total. The molecular weight excluding hydrogens is 721 g/mol. The van der Waals surface area contributed by atoms with Crippen molar-refractivity contribution in [2.45, 2.75) is 77.0 Å². The summed E-state index contributed by atoms with van der Waals surface area (Å²) >= 11 is 0. The van der Waals surface area contributed by atoms with E-state index in [1.54, 1.807) is 0 Å². The molecule has 0 radical (unpaired) electrons. The predicted octanol–water partition coefficient (Wildman–Crippen LogP) is 15.9. The molecular formula is C60H52. The van der Waals surface area contributed by atoms with Gasteiger partial charge in [0.15, 0.2) is 0 Å². The van der Waals surface area contributed by atoms with Crippen molar-refractivity contribution < 1.29 is 0 Å². The quantitative estimate of drug-likeness (QED) is 0.164. The first-order chi connectivity index (χ1) is 28.8. The molecule has 0 aliphatic heterocycles. The summed E-state index contributed by atoms with van der Waals surface area (Å²) < 4.78 is 0. The van der Waals surface area contributed by atoms with Crippen LogP contribution in [0.5, 0.6) is 0 Å². The van der Waals surface area contributed by atoms with Gasteiger partial charge in [-0.1, -0.05) is 201 Å². The lowest BCUT2D eigenvalue weighted by Gasteiger charge is -2.23. The standard InChI is InChI=1S/2C30H26/c2*1-29(2)25-11-7-5-9-21(25)23-15-13-19(17-27(23)29)20-14-16-24-22-10-6-8-12-26(22)30(3,4)28(24)18-20/h2*5-18H,1-4H3. The molecule has 8 aromatic carbocycles. The molecule has 0 spiro atoms. The third kappa shape index (κ3) is 5.10. The highest BCUT2D eigenvalue weighted by Crippen LogP contribution is 2.54. The van der Waals surface area contributed by atoms with E-state index in [0.29, 0.717) is 0 Å². The topological polar surface area (TPSA) is 0 Å². The van der Waals surface area contributed by atoms with Gasteiger partial charge in [-0.05, 0) is 136 Å². The van der Waals surface area contributed by atoms with Crippen LogP contribution < -0.4 is 0 Å². The van der Waals surface area contributed by atoms with Crippen LogP contribution in [0.4, 0.5) is 0 Å². The second-order valence-electron chi connectivity index (χ2n) is 19.7. The van der Waals surface area contributed by atoms with Crippen LogP contribution in [-0.4, -0.2) is 0 Å². The molecule has 0 unspecified atom stereocenters. The molecule has 292 valence electrons. The lowest BCUT2D eigenvalue weighted by molar-refractivity contribution is 0.659. The first kappa shape index (κ1) is 36.8. The molecule has 0 saturated carbocycles. The minimum Gasteiger partial charge on any atom is -0.0619 e. The van der Waals surface area contributed by atoms with Gasteiger partial charge in [-0.3, -0.25) is 0 Å².